The van der Waals surface area contributed by atoms with Gasteiger partial charge < -0.3 is 4.74 Å². The number of fused-ring (bicyclic) bond motifs is 1. The van der Waals surface area contributed by atoms with Crippen LogP contribution in [0.4, 0.5) is 0 Å². The highest BCUT2D eigenvalue weighted by molar-refractivity contribution is 8.27. The van der Waals surface area contributed by atoms with Gasteiger partial charge in [0, 0.05) is 11.0 Å². The summed E-state index contributed by atoms with van der Waals surface area (Å²) in [7, 11) is -2.76. The smallest absolute Gasteiger partial charge is 0.167 e. The first-order chi connectivity index (χ1) is 7.49. The van der Waals surface area contributed by atoms with Gasteiger partial charge in [-0.1, -0.05) is 0 Å². The lowest BCUT2D eigenvalue weighted by atomic mass is 10.2. The van der Waals surface area contributed by atoms with Crippen LogP contribution in [0.3, 0.4) is 0 Å². The van der Waals surface area contributed by atoms with Crippen LogP contribution < -0.4 is 4.74 Å². The standard InChI is InChI=1S/C11H12O4S/c1-8(12)7-15-10-2-3-11-9(6-10)4-5-16(11,13)14/h2-6,13-14H,7H2,1H3. The van der Waals surface area contributed by atoms with E-state index in [1.54, 1.807) is 24.3 Å². The number of carbonyl (C=O) groups is 1. The van der Waals surface area contributed by atoms with Crippen LogP contribution in [0.25, 0.3) is 6.08 Å². The van der Waals surface area contributed by atoms with E-state index in [0.717, 1.165) is 5.56 Å². The third kappa shape index (κ3) is 2.11. The van der Waals surface area contributed by atoms with E-state index in [1.807, 2.05) is 0 Å². The van der Waals surface area contributed by atoms with Crippen molar-refractivity contribution in [1.29, 1.82) is 0 Å². The third-order valence-electron chi connectivity index (χ3n) is 2.18. The number of ether oxygens (including phenoxy) is 1. The van der Waals surface area contributed by atoms with E-state index >= 15 is 0 Å². The third-order valence-corrected chi connectivity index (χ3v) is 3.72. The summed E-state index contributed by atoms with van der Waals surface area (Å²) < 4.78 is 24.4. The number of rotatable bonds is 3. The first kappa shape index (κ1) is 11.2. The molecule has 5 heteroatoms. The van der Waals surface area contributed by atoms with Crippen molar-refractivity contribution in [2.45, 2.75) is 11.8 Å². The van der Waals surface area contributed by atoms with Crippen LogP contribution in [0.5, 0.6) is 5.75 Å². The molecular weight excluding hydrogens is 228 g/mol. The molecule has 0 spiro atoms. The molecule has 0 bridgehead atoms. The molecule has 0 saturated carbocycles. The summed E-state index contributed by atoms with van der Waals surface area (Å²) in [6.07, 6.45) is 1.64. The van der Waals surface area contributed by atoms with Gasteiger partial charge in [0.2, 0.25) is 0 Å². The van der Waals surface area contributed by atoms with Gasteiger partial charge in [0.05, 0.1) is 4.90 Å². The first-order valence-electron chi connectivity index (χ1n) is 4.72. The predicted octanol–water partition coefficient (Wildman–Crippen LogP) is 2.75. The highest BCUT2D eigenvalue weighted by Crippen LogP contribution is 2.56. The van der Waals surface area contributed by atoms with E-state index in [4.69, 9.17) is 4.74 Å². The van der Waals surface area contributed by atoms with Gasteiger partial charge in [0.1, 0.15) is 12.4 Å². The normalized spacial score (nSPS) is 17.9. The molecule has 0 amide bonds. The summed E-state index contributed by atoms with van der Waals surface area (Å²) >= 11 is 0. The Morgan fingerprint density at radius 1 is 1.44 bits per heavy atom. The lowest BCUT2D eigenvalue weighted by Crippen LogP contribution is -2.06. The monoisotopic (exact) mass is 240 g/mol. The van der Waals surface area contributed by atoms with Crippen LogP contribution in [0.1, 0.15) is 12.5 Å². The SMILES string of the molecule is CC(=O)COc1ccc2c(c1)C=CS2(O)O. The summed E-state index contributed by atoms with van der Waals surface area (Å²) in [5.41, 5.74) is 0.723. The first-order valence-corrected chi connectivity index (χ1v) is 6.33. The number of carbonyl (C=O) groups excluding carboxylic acids is 1. The van der Waals surface area contributed by atoms with E-state index in [2.05, 4.69) is 0 Å². The summed E-state index contributed by atoms with van der Waals surface area (Å²) in [4.78, 5) is 11.2. The Morgan fingerprint density at radius 3 is 2.88 bits per heavy atom. The van der Waals surface area contributed by atoms with Crippen LogP contribution in [0, 0.1) is 0 Å². The molecule has 1 heterocycles. The minimum atomic E-state index is -2.76. The average Bonchev–Trinajstić information content (AvgIpc) is 2.52. The average molecular weight is 240 g/mol. The molecule has 2 N–H and O–H groups in total. The quantitative estimate of drug-likeness (QED) is 0.852. The molecule has 1 aromatic carbocycles. The van der Waals surface area contributed by atoms with Gasteiger partial charge in [0.25, 0.3) is 0 Å². The zero-order valence-corrected chi connectivity index (χ0v) is 9.53. The van der Waals surface area contributed by atoms with Gasteiger partial charge in [-0.25, -0.2) is 0 Å². The molecule has 86 valence electrons. The minimum absolute atomic E-state index is 0.0265. The number of hydrogen-bond acceptors (Lipinski definition) is 4. The van der Waals surface area contributed by atoms with Crippen LogP contribution in [0.15, 0.2) is 28.5 Å². The Morgan fingerprint density at radius 2 is 2.19 bits per heavy atom. The molecule has 0 aromatic heterocycles. The van der Waals surface area contributed by atoms with Crippen molar-refractivity contribution in [3.63, 3.8) is 0 Å². The maximum Gasteiger partial charge on any atom is 0.167 e. The lowest BCUT2D eigenvalue weighted by molar-refractivity contribution is -0.118. The van der Waals surface area contributed by atoms with E-state index in [-0.39, 0.29) is 12.4 Å². The van der Waals surface area contributed by atoms with Crippen LogP contribution in [-0.4, -0.2) is 21.5 Å². The Kier molecular flexibility index (Phi) is 2.75. The van der Waals surface area contributed by atoms with Gasteiger partial charge in [-0.2, -0.15) is 0 Å². The van der Waals surface area contributed by atoms with Crippen LogP contribution >= 0.6 is 10.6 Å². The van der Waals surface area contributed by atoms with Crippen molar-refractivity contribution in [2.75, 3.05) is 6.61 Å². The van der Waals surface area contributed by atoms with E-state index < -0.39 is 10.6 Å². The fourth-order valence-electron chi connectivity index (χ4n) is 1.45. The lowest BCUT2D eigenvalue weighted by Gasteiger charge is -2.25. The number of ketones is 1. The molecular formula is C11H12O4S. The summed E-state index contributed by atoms with van der Waals surface area (Å²) in [6, 6.07) is 4.93. The molecule has 16 heavy (non-hydrogen) atoms. The molecule has 1 aliphatic rings. The van der Waals surface area contributed by atoms with Gasteiger partial charge in [0.15, 0.2) is 5.78 Å². The second kappa shape index (κ2) is 3.93. The highest BCUT2D eigenvalue weighted by atomic mass is 32.3. The molecule has 1 aromatic rings. The molecule has 2 rings (SSSR count). The maximum absolute atomic E-state index is 10.7. The zero-order chi connectivity index (χ0) is 11.8. The Hall–Kier alpha value is -1.30. The topological polar surface area (TPSA) is 66.8 Å². The molecule has 1 aliphatic heterocycles. The summed E-state index contributed by atoms with van der Waals surface area (Å²) in [6.45, 7) is 1.47. The van der Waals surface area contributed by atoms with Crippen LogP contribution in [-0.2, 0) is 4.79 Å². The Labute approximate surface area is 94.9 Å². The fourth-order valence-corrected chi connectivity index (χ4v) is 2.67. The summed E-state index contributed by atoms with van der Waals surface area (Å²) in [5, 5.41) is 1.38. The Bertz CT molecular complexity index is 465. The van der Waals surface area contributed by atoms with Gasteiger partial charge in [-0.3, -0.25) is 13.9 Å². The van der Waals surface area contributed by atoms with Crippen molar-refractivity contribution in [1.82, 2.24) is 0 Å². The minimum Gasteiger partial charge on any atom is -0.486 e. The van der Waals surface area contributed by atoms with Crippen molar-refractivity contribution in [2.24, 2.45) is 0 Å². The second-order valence-corrected chi connectivity index (χ2v) is 5.48. The molecule has 0 aliphatic carbocycles. The molecule has 0 saturated heterocycles. The van der Waals surface area contributed by atoms with Crippen molar-refractivity contribution in [3.05, 3.63) is 29.2 Å². The van der Waals surface area contributed by atoms with Crippen molar-refractivity contribution < 1.29 is 18.6 Å². The molecule has 0 atom stereocenters. The number of hydrogen-bond donors (Lipinski definition) is 2. The maximum atomic E-state index is 10.7. The largest absolute Gasteiger partial charge is 0.486 e. The fraction of sp³-hybridized carbons (Fsp3) is 0.182. The molecule has 4 nitrogen and oxygen atoms in total. The van der Waals surface area contributed by atoms with Gasteiger partial charge >= 0.3 is 0 Å². The molecule has 0 unspecified atom stereocenters. The highest BCUT2D eigenvalue weighted by Gasteiger charge is 2.21. The van der Waals surface area contributed by atoms with E-state index in [9.17, 15) is 13.9 Å². The number of Topliss-reactive ketones (excluding diaryl/α,β-unsaturated/α-hetero) is 1. The Balaban J connectivity index is 2.22. The van der Waals surface area contributed by atoms with Crippen molar-refractivity contribution in [3.8, 4) is 5.75 Å². The molecule has 0 fully saturated rings. The zero-order valence-electron chi connectivity index (χ0n) is 8.71. The van der Waals surface area contributed by atoms with E-state index in [0.29, 0.717) is 10.6 Å². The van der Waals surface area contributed by atoms with Gasteiger partial charge in [-0.15, -0.1) is 10.6 Å². The van der Waals surface area contributed by atoms with Crippen LogP contribution in [0.2, 0.25) is 0 Å². The summed E-state index contributed by atoms with van der Waals surface area (Å²) in [5.74, 6) is 0.496. The predicted molar refractivity (Wildman–Crippen MR) is 62.8 cm³/mol. The van der Waals surface area contributed by atoms with Crippen molar-refractivity contribution >= 4 is 22.4 Å². The number of benzene rings is 1. The second-order valence-electron chi connectivity index (χ2n) is 3.59. The van der Waals surface area contributed by atoms with Gasteiger partial charge in [-0.05, 0) is 31.2 Å². The molecule has 0 radical (unpaired) electrons. The van der Waals surface area contributed by atoms with E-state index in [1.165, 1.54) is 12.3 Å².